The third-order valence-electron chi connectivity index (χ3n) is 2.99. The molecular formula is C10H13ClN2O3S. The van der Waals surface area contributed by atoms with Crippen LogP contribution in [0.3, 0.4) is 0 Å². The first kappa shape index (κ1) is 12.7. The number of carboxylic acids is 1. The highest BCUT2D eigenvalue weighted by Crippen LogP contribution is 2.27. The maximum atomic E-state index is 10.8. The van der Waals surface area contributed by atoms with Crippen LogP contribution in [0.4, 0.5) is 0 Å². The summed E-state index contributed by atoms with van der Waals surface area (Å²) in [5, 5.41) is 12.7. The summed E-state index contributed by atoms with van der Waals surface area (Å²) in [5.74, 6) is -0.908. The van der Waals surface area contributed by atoms with E-state index in [2.05, 4.69) is 9.59 Å². The molecule has 1 aliphatic carbocycles. The molecule has 1 fully saturated rings. The van der Waals surface area contributed by atoms with E-state index in [4.69, 9.17) is 21.4 Å². The van der Waals surface area contributed by atoms with E-state index in [1.165, 1.54) is 0 Å². The van der Waals surface area contributed by atoms with Gasteiger partial charge in [0.1, 0.15) is 10.0 Å². The molecule has 1 aromatic rings. The van der Waals surface area contributed by atoms with E-state index in [0.717, 1.165) is 24.4 Å². The average molecular weight is 277 g/mol. The van der Waals surface area contributed by atoms with E-state index in [1.807, 2.05) is 0 Å². The fourth-order valence-corrected chi connectivity index (χ4v) is 2.56. The summed E-state index contributed by atoms with van der Waals surface area (Å²) >= 11 is 7.00. The molecule has 7 heteroatoms. The SMILES string of the molecule is O=C(O)C1CCC(OCc2nnsc2Cl)CC1. The molecule has 0 bridgehead atoms. The highest BCUT2D eigenvalue weighted by molar-refractivity contribution is 7.10. The molecule has 0 saturated heterocycles. The van der Waals surface area contributed by atoms with Crippen molar-refractivity contribution in [3.63, 3.8) is 0 Å². The molecule has 0 aliphatic heterocycles. The number of ether oxygens (including phenoxy) is 1. The molecule has 0 spiro atoms. The number of carbonyl (C=O) groups is 1. The van der Waals surface area contributed by atoms with Gasteiger partial charge < -0.3 is 9.84 Å². The highest BCUT2D eigenvalue weighted by Gasteiger charge is 2.26. The third kappa shape index (κ3) is 3.37. The summed E-state index contributed by atoms with van der Waals surface area (Å²) in [4.78, 5) is 10.8. The normalized spacial score (nSPS) is 24.8. The summed E-state index contributed by atoms with van der Waals surface area (Å²) in [6, 6.07) is 0. The molecular weight excluding hydrogens is 264 g/mol. The molecule has 1 aromatic heterocycles. The quantitative estimate of drug-likeness (QED) is 0.914. The lowest BCUT2D eigenvalue weighted by Gasteiger charge is -2.25. The summed E-state index contributed by atoms with van der Waals surface area (Å²) < 4.78 is 9.95. The lowest BCUT2D eigenvalue weighted by molar-refractivity contribution is -0.143. The Bertz CT molecular complexity index is 391. The topological polar surface area (TPSA) is 72.3 Å². The first-order valence-corrected chi connectivity index (χ1v) is 6.63. The monoisotopic (exact) mass is 276 g/mol. The molecule has 5 nitrogen and oxygen atoms in total. The van der Waals surface area contributed by atoms with Gasteiger partial charge in [-0.25, -0.2) is 0 Å². The van der Waals surface area contributed by atoms with Crippen LogP contribution >= 0.6 is 23.1 Å². The van der Waals surface area contributed by atoms with Crippen molar-refractivity contribution in [1.82, 2.24) is 9.59 Å². The molecule has 0 radical (unpaired) electrons. The smallest absolute Gasteiger partial charge is 0.306 e. The van der Waals surface area contributed by atoms with Gasteiger partial charge in [-0.1, -0.05) is 16.1 Å². The Kier molecular flexibility index (Phi) is 4.31. The van der Waals surface area contributed by atoms with E-state index in [-0.39, 0.29) is 12.0 Å². The van der Waals surface area contributed by atoms with Gasteiger partial charge in [0.15, 0.2) is 0 Å². The maximum absolute atomic E-state index is 10.8. The van der Waals surface area contributed by atoms with Crippen molar-refractivity contribution in [2.75, 3.05) is 0 Å². The first-order valence-electron chi connectivity index (χ1n) is 5.48. The van der Waals surface area contributed by atoms with Gasteiger partial charge in [0.05, 0.1) is 18.6 Å². The Balaban J connectivity index is 1.75. The van der Waals surface area contributed by atoms with Gasteiger partial charge in [0, 0.05) is 11.5 Å². The lowest BCUT2D eigenvalue weighted by Crippen LogP contribution is -2.26. The minimum atomic E-state index is -0.699. The second kappa shape index (κ2) is 5.75. The average Bonchev–Trinajstić information content (AvgIpc) is 2.73. The number of halogens is 1. The molecule has 94 valence electrons. The predicted molar refractivity (Wildman–Crippen MR) is 63.1 cm³/mol. The zero-order chi connectivity index (χ0) is 12.3. The molecule has 0 aromatic carbocycles. The van der Waals surface area contributed by atoms with Crippen LogP contribution in [0.25, 0.3) is 0 Å². The van der Waals surface area contributed by atoms with Crippen molar-refractivity contribution in [2.24, 2.45) is 5.92 Å². The van der Waals surface area contributed by atoms with Crippen molar-refractivity contribution >= 4 is 29.1 Å². The van der Waals surface area contributed by atoms with Crippen LogP contribution in [-0.4, -0.2) is 26.8 Å². The largest absolute Gasteiger partial charge is 0.481 e. The van der Waals surface area contributed by atoms with Crippen LogP contribution < -0.4 is 0 Å². The van der Waals surface area contributed by atoms with Crippen LogP contribution in [0.15, 0.2) is 0 Å². The minimum absolute atomic E-state index is 0.114. The predicted octanol–water partition coefficient (Wildman–Crippen LogP) is 2.35. The molecule has 0 unspecified atom stereocenters. The molecule has 2 rings (SSSR count). The lowest BCUT2D eigenvalue weighted by atomic mass is 9.87. The molecule has 1 heterocycles. The van der Waals surface area contributed by atoms with E-state index < -0.39 is 5.97 Å². The third-order valence-corrected chi connectivity index (χ3v) is 3.97. The number of rotatable bonds is 4. The second-order valence-corrected chi connectivity index (χ2v) is 5.47. The molecule has 1 saturated carbocycles. The van der Waals surface area contributed by atoms with Gasteiger partial charge in [-0.3, -0.25) is 4.79 Å². The molecule has 17 heavy (non-hydrogen) atoms. The number of hydrogen-bond donors (Lipinski definition) is 1. The van der Waals surface area contributed by atoms with Crippen molar-refractivity contribution in [2.45, 2.75) is 38.4 Å². The van der Waals surface area contributed by atoms with E-state index in [1.54, 1.807) is 0 Å². The summed E-state index contributed by atoms with van der Waals surface area (Å²) in [7, 11) is 0. The van der Waals surface area contributed by atoms with Crippen LogP contribution in [0, 0.1) is 5.92 Å². The van der Waals surface area contributed by atoms with Crippen LogP contribution in [0.5, 0.6) is 0 Å². The van der Waals surface area contributed by atoms with Gasteiger partial charge in [0.25, 0.3) is 0 Å². The summed E-state index contributed by atoms with van der Waals surface area (Å²) in [5.41, 5.74) is 0.664. The van der Waals surface area contributed by atoms with Crippen molar-refractivity contribution in [3.05, 3.63) is 10.0 Å². The second-order valence-electron chi connectivity index (χ2n) is 4.12. The Morgan fingerprint density at radius 2 is 2.18 bits per heavy atom. The fraction of sp³-hybridized carbons (Fsp3) is 0.700. The van der Waals surface area contributed by atoms with Crippen LogP contribution in [0.1, 0.15) is 31.4 Å². The van der Waals surface area contributed by atoms with E-state index in [9.17, 15) is 4.79 Å². The van der Waals surface area contributed by atoms with Gasteiger partial charge in [0.2, 0.25) is 0 Å². The number of aliphatic carboxylic acids is 1. The zero-order valence-electron chi connectivity index (χ0n) is 9.13. The fourth-order valence-electron chi connectivity index (χ4n) is 1.96. The summed E-state index contributed by atoms with van der Waals surface area (Å²) in [6.45, 7) is 0.359. The Hall–Kier alpha value is -0.720. The number of hydrogen-bond acceptors (Lipinski definition) is 5. The standard InChI is InChI=1S/C10H13ClN2O3S/c11-9-8(12-13-17-9)5-16-7-3-1-6(2-4-7)10(14)15/h6-7H,1-5H2,(H,14,15). The van der Waals surface area contributed by atoms with Gasteiger partial charge in [-0.2, -0.15) is 0 Å². The van der Waals surface area contributed by atoms with Crippen LogP contribution in [0.2, 0.25) is 4.34 Å². The van der Waals surface area contributed by atoms with Crippen LogP contribution in [-0.2, 0) is 16.1 Å². The zero-order valence-corrected chi connectivity index (χ0v) is 10.7. The summed E-state index contributed by atoms with van der Waals surface area (Å²) in [6.07, 6.45) is 3.05. The number of carboxylic acid groups (broad SMARTS) is 1. The molecule has 1 aliphatic rings. The maximum Gasteiger partial charge on any atom is 0.306 e. The van der Waals surface area contributed by atoms with E-state index >= 15 is 0 Å². The van der Waals surface area contributed by atoms with Gasteiger partial charge in [-0.15, -0.1) is 5.10 Å². The number of aromatic nitrogens is 2. The Labute approximate surface area is 108 Å². The molecule has 0 amide bonds. The van der Waals surface area contributed by atoms with Crippen molar-refractivity contribution < 1.29 is 14.6 Å². The Morgan fingerprint density at radius 3 is 2.71 bits per heavy atom. The van der Waals surface area contributed by atoms with Gasteiger partial charge in [-0.05, 0) is 25.7 Å². The Morgan fingerprint density at radius 1 is 1.47 bits per heavy atom. The van der Waals surface area contributed by atoms with Crippen molar-refractivity contribution in [1.29, 1.82) is 0 Å². The van der Waals surface area contributed by atoms with Gasteiger partial charge >= 0.3 is 5.97 Å². The minimum Gasteiger partial charge on any atom is -0.481 e. The molecule has 1 N–H and O–H groups in total. The highest BCUT2D eigenvalue weighted by atomic mass is 35.5. The number of nitrogens with zero attached hydrogens (tertiary/aromatic N) is 2. The molecule has 0 atom stereocenters. The van der Waals surface area contributed by atoms with Crippen molar-refractivity contribution in [3.8, 4) is 0 Å². The van der Waals surface area contributed by atoms with E-state index in [0.29, 0.717) is 29.5 Å². The first-order chi connectivity index (χ1) is 8.16.